The third kappa shape index (κ3) is 5.93. The van der Waals surface area contributed by atoms with Gasteiger partial charge in [0.15, 0.2) is 8.07 Å². The molecular formula is C60H42N2Si. The summed E-state index contributed by atoms with van der Waals surface area (Å²) in [5, 5.41) is 10.4. The van der Waals surface area contributed by atoms with E-state index >= 15 is 0 Å². The summed E-state index contributed by atoms with van der Waals surface area (Å²) in [5.41, 5.74) is 11.8. The number of aromatic nitrogens is 2. The van der Waals surface area contributed by atoms with Crippen LogP contribution in [-0.4, -0.2) is 17.2 Å². The van der Waals surface area contributed by atoms with Crippen molar-refractivity contribution in [3.05, 3.63) is 255 Å². The Balaban J connectivity index is 1.20. The van der Waals surface area contributed by atoms with Gasteiger partial charge in [0.25, 0.3) is 0 Å². The molecule has 2 heterocycles. The Morgan fingerprint density at radius 2 is 0.730 bits per heavy atom. The molecule has 0 fully saturated rings. The summed E-state index contributed by atoms with van der Waals surface area (Å²) in [6.07, 6.45) is 0. The normalized spacial score (nSPS) is 11.8. The molecule has 0 bridgehead atoms. The van der Waals surface area contributed by atoms with Crippen molar-refractivity contribution in [1.82, 2.24) is 9.13 Å². The summed E-state index contributed by atoms with van der Waals surface area (Å²) in [4.78, 5) is 0. The van der Waals surface area contributed by atoms with Gasteiger partial charge in [0.1, 0.15) is 0 Å². The van der Waals surface area contributed by atoms with Crippen LogP contribution in [0.25, 0.3) is 77.2 Å². The van der Waals surface area contributed by atoms with Gasteiger partial charge in [0.05, 0.1) is 22.1 Å². The van der Waals surface area contributed by atoms with E-state index in [4.69, 9.17) is 0 Å². The number of nitrogens with zero attached hydrogens (tertiary/aromatic N) is 2. The van der Waals surface area contributed by atoms with Crippen molar-refractivity contribution >= 4 is 72.4 Å². The molecule has 0 aliphatic rings. The quantitative estimate of drug-likeness (QED) is 0.107. The fourth-order valence-electron chi connectivity index (χ4n) is 10.3. The highest BCUT2D eigenvalue weighted by molar-refractivity contribution is 7.20. The molecular weight excluding hydrogens is 777 g/mol. The van der Waals surface area contributed by atoms with E-state index in [9.17, 15) is 0 Å². The molecule has 296 valence electrons. The maximum Gasteiger partial charge on any atom is 0.179 e. The van der Waals surface area contributed by atoms with Gasteiger partial charge in [0, 0.05) is 32.9 Å². The van der Waals surface area contributed by atoms with Crippen LogP contribution in [0.3, 0.4) is 0 Å². The molecule has 0 saturated heterocycles. The Bertz CT molecular complexity index is 3500. The number of benzene rings is 10. The molecule has 10 aromatic carbocycles. The fraction of sp³-hybridized carbons (Fsp3) is 0. The number of para-hydroxylation sites is 2. The Kier molecular flexibility index (Phi) is 8.87. The second-order valence-electron chi connectivity index (χ2n) is 16.5. The van der Waals surface area contributed by atoms with Crippen LogP contribution in [0.5, 0.6) is 0 Å². The van der Waals surface area contributed by atoms with E-state index in [0.717, 1.165) is 11.4 Å². The molecule has 0 atom stereocenters. The molecule has 12 rings (SSSR count). The fourth-order valence-corrected chi connectivity index (χ4v) is 15.1. The molecule has 0 unspecified atom stereocenters. The third-order valence-electron chi connectivity index (χ3n) is 13.0. The van der Waals surface area contributed by atoms with Crippen LogP contribution >= 0.6 is 0 Å². The van der Waals surface area contributed by atoms with Gasteiger partial charge in [-0.2, -0.15) is 0 Å². The molecule has 0 aliphatic heterocycles. The molecule has 0 aliphatic carbocycles. The number of hydrogen-bond donors (Lipinski definition) is 0. The Morgan fingerprint density at radius 1 is 0.254 bits per heavy atom. The van der Waals surface area contributed by atoms with E-state index in [1.165, 1.54) is 86.6 Å². The molecule has 0 amide bonds. The molecule has 12 aromatic rings. The topological polar surface area (TPSA) is 9.86 Å². The zero-order chi connectivity index (χ0) is 41.7. The molecule has 0 radical (unpaired) electrons. The van der Waals surface area contributed by atoms with Crippen LogP contribution in [0, 0.1) is 0 Å². The first-order valence-corrected chi connectivity index (χ1v) is 23.8. The lowest BCUT2D eigenvalue weighted by Gasteiger charge is -2.34. The molecule has 3 heteroatoms. The van der Waals surface area contributed by atoms with Crippen molar-refractivity contribution in [2.24, 2.45) is 0 Å². The zero-order valence-electron chi connectivity index (χ0n) is 34.6. The first-order valence-electron chi connectivity index (χ1n) is 21.8. The van der Waals surface area contributed by atoms with Gasteiger partial charge in [-0.15, -0.1) is 0 Å². The monoisotopic (exact) mass is 818 g/mol. The first-order chi connectivity index (χ1) is 31.3. The lowest BCUT2D eigenvalue weighted by molar-refractivity contribution is 1.16. The minimum absolute atomic E-state index is 1.12. The van der Waals surface area contributed by atoms with Crippen molar-refractivity contribution in [3.8, 4) is 33.6 Å². The Morgan fingerprint density at radius 3 is 1.35 bits per heavy atom. The molecule has 0 N–H and O–H groups in total. The van der Waals surface area contributed by atoms with Crippen LogP contribution in [0.2, 0.25) is 0 Å². The van der Waals surface area contributed by atoms with Crippen molar-refractivity contribution < 1.29 is 0 Å². The predicted octanol–water partition coefficient (Wildman–Crippen LogP) is 12.6. The molecule has 0 saturated carbocycles. The smallest absolute Gasteiger partial charge is 0.179 e. The predicted molar refractivity (Wildman–Crippen MR) is 270 cm³/mol. The number of rotatable bonds is 8. The molecule has 63 heavy (non-hydrogen) atoms. The lowest BCUT2D eigenvalue weighted by Crippen LogP contribution is -2.74. The van der Waals surface area contributed by atoms with Gasteiger partial charge in [-0.1, -0.05) is 212 Å². The van der Waals surface area contributed by atoms with Gasteiger partial charge in [-0.25, -0.2) is 0 Å². The van der Waals surface area contributed by atoms with Gasteiger partial charge < -0.3 is 9.13 Å². The largest absolute Gasteiger partial charge is 0.309 e. The summed E-state index contributed by atoms with van der Waals surface area (Å²) in [6.45, 7) is 0. The van der Waals surface area contributed by atoms with Crippen molar-refractivity contribution in [1.29, 1.82) is 0 Å². The molecule has 2 aromatic heterocycles. The molecule has 0 spiro atoms. The average Bonchev–Trinajstić information content (AvgIpc) is 3.88. The molecule has 2 nitrogen and oxygen atoms in total. The van der Waals surface area contributed by atoms with Gasteiger partial charge in [-0.3, -0.25) is 0 Å². The van der Waals surface area contributed by atoms with E-state index in [1.807, 2.05) is 0 Å². The van der Waals surface area contributed by atoms with Gasteiger partial charge in [-0.05, 0) is 85.5 Å². The van der Waals surface area contributed by atoms with Crippen molar-refractivity contribution in [3.63, 3.8) is 0 Å². The van der Waals surface area contributed by atoms with Crippen molar-refractivity contribution in [2.45, 2.75) is 0 Å². The Labute approximate surface area is 368 Å². The Hall–Kier alpha value is -7.98. The summed E-state index contributed by atoms with van der Waals surface area (Å²) in [7, 11) is -2.82. The minimum Gasteiger partial charge on any atom is -0.309 e. The highest BCUT2D eigenvalue weighted by Gasteiger charge is 2.41. The van der Waals surface area contributed by atoms with E-state index in [2.05, 4.69) is 264 Å². The van der Waals surface area contributed by atoms with Gasteiger partial charge in [0.2, 0.25) is 0 Å². The van der Waals surface area contributed by atoms with E-state index in [0.29, 0.717) is 0 Å². The average molecular weight is 819 g/mol. The zero-order valence-corrected chi connectivity index (χ0v) is 35.6. The van der Waals surface area contributed by atoms with Crippen LogP contribution in [0.15, 0.2) is 255 Å². The summed E-state index contributed by atoms with van der Waals surface area (Å²) < 4.78 is 5.01. The van der Waals surface area contributed by atoms with Crippen LogP contribution < -0.4 is 20.7 Å². The highest BCUT2D eigenvalue weighted by Crippen LogP contribution is 2.42. The lowest BCUT2D eigenvalue weighted by atomic mass is 9.98. The number of fused-ring (bicyclic) bond motifs is 6. The first kappa shape index (κ1) is 36.8. The second kappa shape index (κ2) is 15.2. The van der Waals surface area contributed by atoms with E-state index < -0.39 is 8.07 Å². The van der Waals surface area contributed by atoms with Crippen LogP contribution in [0.4, 0.5) is 0 Å². The summed E-state index contributed by atoms with van der Waals surface area (Å²) in [6, 6.07) is 94.3. The van der Waals surface area contributed by atoms with E-state index in [1.54, 1.807) is 0 Å². The van der Waals surface area contributed by atoms with Gasteiger partial charge >= 0.3 is 0 Å². The van der Waals surface area contributed by atoms with Crippen LogP contribution in [-0.2, 0) is 0 Å². The second-order valence-corrected chi connectivity index (χ2v) is 20.3. The van der Waals surface area contributed by atoms with E-state index in [-0.39, 0.29) is 0 Å². The SMILES string of the molecule is c1ccc(-c2cccc(-n3c4ccccc4c4c(-c5ccccc5)cc(-n5c6ccccc6c6ccc([Si](c7ccccc7)(c7ccccc7)c7ccccc7)cc65)cc43)c2)cc1. The summed E-state index contributed by atoms with van der Waals surface area (Å²) >= 11 is 0. The highest BCUT2D eigenvalue weighted by atomic mass is 28.3. The van der Waals surface area contributed by atoms with Crippen molar-refractivity contribution in [2.75, 3.05) is 0 Å². The minimum atomic E-state index is -2.82. The maximum absolute atomic E-state index is 2.82. The summed E-state index contributed by atoms with van der Waals surface area (Å²) in [5.74, 6) is 0. The third-order valence-corrected chi connectivity index (χ3v) is 17.8. The number of hydrogen-bond acceptors (Lipinski definition) is 0. The standard InChI is InChI=1S/C60H42N2Si/c1-6-21-43(22-7-1)45-25-20-26-46(39-45)61-57-36-19-17-34-54(57)60-55(44-23-8-2-9-24-44)40-47(41-59(60)61)62-56-35-18-16-33-52(56)53-38-37-51(42-58(53)62)63(48-27-10-3-11-28-48,49-29-12-4-13-30-49)50-31-14-5-15-32-50/h1-42H. The maximum atomic E-state index is 2.53. The van der Waals surface area contributed by atoms with Crippen LogP contribution in [0.1, 0.15) is 0 Å².